The zero-order chi connectivity index (χ0) is 17.7. The highest BCUT2D eigenvalue weighted by atomic mass is 16.5. The fourth-order valence-corrected chi connectivity index (χ4v) is 2.01. The molecule has 2 amide bonds. The van der Waals surface area contributed by atoms with Crippen molar-refractivity contribution in [3.8, 4) is 0 Å². The molecule has 1 aromatic heterocycles. The Bertz CT molecular complexity index is 731. The molecular weight excluding hydrogens is 310 g/mol. The first-order valence-electron chi connectivity index (χ1n) is 7.91. The smallest absolute Gasteiger partial charge is 0.407 e. The second-order valence-electron chi connectivity index (χ2n) is 6.40. The normalized spacial score (nSPS) is 11.3. The molecule has 0 fully saturated rings. The van der Waals surface area contributed by atoms with Crippen LogP contribution in [0.5, 0.6) is 0 Å². The number of oxazole rings is 1. The first kappa shape index (κ1) is 17.8. The Morgan fingerprint density at radius 3 is 2.71 bits per heavy atom. The van der Waals surface area contributed by atoms with E-state index in [1.807, 2.05) is 20.8 Å². The number of fused-ring (bicyclic) bond motifs is 1. The maximum absolute atomic E-state index is 11.9. The van der Waals surface area contributed by atoms with E-state index in [-0.39, 0.29) is 24.3 Å². The zero-order valence-corrected chi connectivity index (χ0v) is 14.4. The van der Waals surface area contributed by atoms with Crippen LogP contribution in [0, 0.1) is 0 Å². The lowest BCUT2D eigenvalue weighted by molar-refractivity contribution is -0.116. The Morgan fingerprint density at radius 2 is 2.04 bits per heavy atom. The average molecular weight is 333 g/mol. The number of carbonyl (C=O) groups is 2. The predicted molar refractivity (Wildman–Crippen MR) is 91.0 cm³/mol. The number of aromatic nitrogens is 1. The van der Waals surface area contributed by atoms with Crippen LogP contribution in [-0.2, 0) is 14.9 Å². The number of amides is 2. The molecule has 1 aromatic carbocycles. The van der Waals surface area contributed by atoms with Crippen LogP contribution in [0.4, 0.5) is 10.5 Å². The van der Waals surface area contributed by atoms with Gasteiger partial charge >= 0.3 is 6.09 Å². The highest BCUT2D eigenvalue weighted by molar-refractivity contribution is 5.93. The molecule has 0 saturated carbocycles. The number of benzene rings is 1. The Morgan fingerprint density at radius 1 is 1.29 bits per heavy atom. The van der Waals surface area contributed by atoms with Crippen LogP contribution < -0.4 is 10.6 Å². The largest absolute Gasteiger partial charge is 0.450 e. The van der Waals surface area contributed by atoms with Crippen LogP contribution in [-0.4, -0.2) is 30.1 Å². The van der Waals surface area contributed by atoms with E-state index in [0.29, 0.717) is 29.3 Å². The number of carbonyl (C=O) groups excluding carboxylic acids is 2. The van der Waals surface area contributed by atoms with Crippen molar-refractivity contribution in [2.24, 2.45) is 0 Å². The SMILES string of the molecule is CCOC(=O)NCCC(=O)Nc1ccc2oc(C(C)(C)C)nc2c1. The van der Waals surface area contributed by atoms with Crippen molar-refractivity contribution < 1.29 is 18.7 Å². The van der Waals surface area contributed by atoms with E-state index >= 15 is 0 Å². The molecular formula is C17H23N3O4. The van der Waals surface area contributed by atoms with Crippen LogP contribution in [0.15, 0.2) is 22.6 Å². The molecule has 130 valence electrons. The molecule has 7 nitrogen and oxygen atoms in total. The molecule has 0 saturated heterocycles. The number of hydrogen-bond acceptors (Lipinski definition) is 5. The summed E-state index contributed by atoms with van der Waals surface area (Å²) in [6, 6.07) is 5.31. The summed E-state index contributed by atoms with van der Waals surface area (Å²) >= 11 is 0. The Labute approximate surface area is 140 Å². The summed E-state index contributed by atoms with van der Waals surface area (Å²) < 4.78 is 10.4. The van der Waals surface area contributed by atoms with E-state index in [4.69, 9.17) is 9.15 Å². The Balaban J connectivity index is 1.95. The summed E-state index contributed by atoms with van der Waals surface area (Å²) in [7, 11) is 0. The van der Waals surface area contributed by atoms with E-state index in [1.165, 1.54) is 0 Å². The molecule has 2 rings (SSSR count). The van der Waals surface area contributed by atoms with Gasteiger partial charge in [-0.1, -0.05) is 20.8 Å². The van der Waals surface area contributed by atoms with Gasteiger partial charge in [0.1, 0.15) is 5.52 Å². The lowest BCUT2D eigenvalue weighted by Gasteiger charge is -2.11. The number of rotatable bonds is 5. The number of nitrogens with one attached hydrogen (secondary N) is 2. The first-order valence-corrected chi connectivity index (χ1v) is 7.91. The van der Waals surface area contributed by atoms with Gasteiger partial charge in [-0.25, -0.2) is 9.78 Å². The minimum absolute atomic E-state index is 0.156. The summed E-state index contributed by atoms with van der Waals surface area (Å²) in [6.45, 7) is 8.31. The molecule has 0 aliphatic carbocycles. The molecule has 2 aromatic rings. The molecule has 0 bridgehead atoms. The maximum Gasteiger partial charge on any atom is 0.407 e. The van der Waals surface area contributed by atoms with E-state index in [1.54, 1.807) is 25.1 Å². The molecule has 0 radical (unpaired) electrons. The van der Waals surface area contributed by atoms with Crippen molar-refractivity contribution in [3.05, 3.63) is 24.1 Å². The summed E-state index contributed by atoms with van der Waals surface area (Å²) in [5.41, 5.74) is 1.84. The van der Waals surface area contributed by atoms with Crippen molar-refractivity contribution in [2.75, 3.05) is 18.5 Å². The van der Waals surface area contributed by atoms with Crippen molar-refractivity contribution in [1.29, 1.82) is 0 Å². The van der Waals surface area contributed by atoms with Crippen LogP contribution in [0.1, 0.15) is 40.0 Å². The van der Waals surface area contributed by atoms with E-state index < -0.39 is 6.09 Å². The van der Waals surface area contributed by atoms with Gasteiger partial charge in [0.2, 0.25) is 11.8 Å². The highest BCUT2D eigenvalue weighted by Gasteiger charge is 2.21. The predicted octanol–water partition coefficient (Wildman–Crippen LogP) is 3.20. The number of anilines is 1. The molecule has 0 unspecified atom stereocenters. The fraction of sp³-hybridized carbons (Fsp3) is 0.471. The molecule has 0 atom stereocenters. The van der Waals surface area contributed by atoms with Crippen LogP contribution in [0.3, 0.4) is 0 Å². The third kappa shape index (κ3) is 4.71. The number of hydrogen-bond donors (Lipinski definition) is 2. The second kappa shape index (κ2) is 7.33. The molecule has 2 N–H and O–H groups in total. The highest BCUT2D eigenvalue weighted by Crippen LogP contribution is 2.27. The lowest BCUT2D eigenvalue weighted by Crippen LogP contribution is -2.28. The van der Waals surface area contributed by atoms with Crippen LogP contribution in [0.25, 0.3) is 11.1 Å². The monoisotopic (exact) mass is 333 g/mol. The summed E-state index contributed by atoms with van der Waals surface area (Å²) in [5.74, 6) is 0.449. The summed E-state index contributed by atoms with van der Waals surface area (Å²) in [6.07, 6.45) is -0.368. The summed E-state index contributed by atoms with van der Waals surface area (Å²) in [4.78, 5) is 27.5. The van der Waals surface area contributed by atoms with Gasteiger partial charge in [-0.05, 0) is 25.1 Å². The molecule has 0 aliphatic rings. The average Bonchev–Trinajstić information content (AvgIpc) is 2.91. The van der Waals surface area contributed by atoms with Crippen molar-refractivity contribution in [2.45, 2.75) is 39.5 Å². The van der Waals surface area contributed by atoms with Gasteiger partial charge < -0.3 is 19.8 Å². The first-order chi connectivity index (χ1) is 11.3. The van der Waals surface area contributed by atoms with Gasteiger partial charge in [0, 0.05) is 24.1 Å². The third-order valence-electron chi connectivity index (χ3n) is 3.21. The number of ether oxygens (including phenoxy) is 1. The van der Waals surface area contributed by atoms with Gasteiger partial charge in [-0.2, -0.15) is 0 Å². The Kier molecular flexibility index (Phi) is 5.43. The molecule has 7 heteroatoms. The van der Waals surface area contributed by atoms with E-state index in [2.05, 4.69) is 15.6 Å². The minimum Gasteiger partial charge on any atom is -0.450 e. The van der Waals surface area contributed by atoms with Crippen molar-refractivity contribution in [1.82, 2.24) is 10.3 Å². The van der Waals surface area contributed by atoms with E-state index in [9.17, 15) is 9.59 Å². The molecule has 24 heavy (non-hydrogen) atoms. The van der Waals surface area contributed by atoms with Gasteiger partial charge in [-0.3, -0.25) is 4.79 Å². The lowest BCUT2D eigenvalue weighted by atomic mass is 9.97. The third-order valence-corrected chi connectivity index (χ3v) is 3.21. The van der Waals surface area contributed by atoms with Crippen molar-refractivity contribution in [3.63, 3.8) is 0 Å². The van der Waals surface area contributed by atoms with Gasteiger partial charge in [0.05, 0.1) is 6.61 Å². The fourth-order valence-electron chi connectivity index (χ4n) is 2.01. The van der Waals surface area contributed by atoms with Gasteiger partial charge in [-0.15, -0.1) is 0 Å². The number of alkyl carbamates (subject to hydrolysis) is 1. The topological polar surface area (TPSA) is 93.5 Å². The van der Waals surface area contributed by atoms with Crippen molar-refractivity contribution >= 4 is 28.8 Å². The Hall–Kier alpha value is -2.57. The quantitative estimate of drug-likeness (QED) is 0.876. The standard InChI is InChI=1S/C17H23N3O4/c1-5-23-16(22)18-9-8-14(21)19-11-6-7-13-12(10-11)20-15(24-13)17(2,3)4/h6-7,10H,5,8-9H2,1-4H3,(H,18,22)(H,19,21). The maximum atomic E-state index is 11.9. The molecule has 1 heterocycles. The molecule has 0 spiro atoms. The van der Waals surface area contributed by atoms with Crippen LogP contribution >= 0.6 is 0 Å². The summed E-state index contributed by atoms with van der Waals surface area (Å²) in [5, 5.41) is 5.28. The second-order valence-corrected chi connectivity index (χ2v) is 6.40. The zero-order valence-electron chi connectivity index (χ0n) is 14.4. The number of nitrogens with zero attached hydrogens (tertiary/aromatic N) is 1. The van der Waals surface area contributed by atoms with Gasteiger partial charge in [0.25, 0.3) is 0 Å². The molecule has 0 aliphatic heterocycles. The van der Waals surface area contributed by atoms with E-state index in [0.717, 1.165) is 0 Å². The van der Waals surface area contributed by atoms with Gasteiger partial charge in [0.15, 0.2) is 5.58 Å². The minimum atomic E-state index is -0.524. The van der Waals surface area contributed by atoms with Crippen LogP contribution in [0.2, 0.25) is 0 Å².